The van der Waals surface area contributed by atoms with E-state index in [4.69, 9.17) is 0 Å². The number of benzene rings is 1. The number of fused-ring (bicyclic) bond motifs is 1. The molecule has 0 saturated heterocycles. The molecule has 3 aromatic rings. The third-order valence-electron chi connectivity index (χ3n) is 3.34. The van der Waals surface area contributed by atoms with Crippen LogP contribution in [0.4, 0.5) is 5.82 Å². The highest BCUT2D eigenvalue weighted by Crippen LogP contribution is 2.14. The van der Waals surface area contributed by atoms with E-state index in [0.717, 1.165) is 0 Å². The molecule has 7 heteroatoms. The lowest BCUT2D eigenvalue weighted by molar-refractivity contribution is -0.115. The van der Waals surface area contributed by atoms with Crippen molar-refractivity contribution < 1.29 is 4.79 Å². The first-order valence-corrected chi connectivity index (χ1v) is 6.79. The zero-order valence-corrected chi connectivity index (χ0v) is 12.3. The normalized spacial score (nSPS) is 10.8. The smallest absolute Gasteiger partial charge is 0.274 e. The van der Waals surface area contributed by atoms with Crippen molar-refractivity contribution >= 4 is 22.5 Å². The SMILES string of the molecule is Cn1ccc(NC(=O)Cc2nn(C)c(=O)c3ccccc23)n1. The van der Waals surface area contributed by atoms with E-state index in [1.54, 1.807) is 49.2 Å². The number of rotatable bonds is 3. The summed E-state index contributed by atoms with van der Waals surface area (Å²) >= 11 is 0. The van der Waals surface area contributed by atoms with Gasteiger partial charge in [-0.05, 0) is 6.07 Å². The van der Waals surface area contributed by atoms with Crippen LogP contribution < -0.4 is 10.9 Å². The standard InChI is InChI=1S/C15H15N5O2/c1-19-8-7-13(18-19)16-14(21)9-12-10-5-3-4-6-11(10)15(22)20(2)17-12/h3-8H,9H2,1-2H3,(H,16,18,21). The number of aromatic nitrogens is 4. The van der Waals surface area contributed by atoms with Gasteiger partial charge < -0.3 is 5.32 Å². The molecule has 3 rings (SSSR count). The molecule has 0 atom stereocenters. The molecule has 0 aliphatic heterocycles. The van der Waals surface area contributed by atoms with Crippen LogP contribution in [0.3, 0.4) is 0 Å². The van der Waals surface area contributed by atoms with Crippen LogP contribution in [0.15, 0.2) is 41.3 Å². The number of hydrogen-bond donors (Lipinski definition) is 1. The van der Waals surface area contributed by atoms with Crippen LogP contribution in [0, 0.1) is 0 Å². The Morgan fingerprint density at radius 1 is 1.14 bits per heavy atom. The Morgan fingerprint density at radius 2 is 1.86 bits per heavy atom. The number of amides is 1. The first-order valence-electron chi connectivity index (χ1n) is 6.79. The van der Waals surface area contributed by atoms with E-state index in [2.05, 4.69) is 15.5 Å². The molecular formula is C15H15N5O2. The Bertz CT molecular complexity index is 910. The maximum absolute atomic E-state index is 12.1. The van der Waals surface area contributed by atoms with Crippen LogP contribution in [0.25, 0.3) is 10.8 Å². The lowest BCUT2D eigenvalue weighted by Crippen LogP contribution is -2.24. The molecule has 0 spiro atoms. The van der Waals surface area contributed by atoms with Crippen LogP contribution in [-0.4, -0.2) is 25.5 Å². The Balaban J connectivity index is 1.92. The van der Waals surface area contributed by atoms with E-state index >= 15 is 0 Å². The fourth-order valence-corrected chi connectivity index (χ4v) is 2.33. The zero-order valence-electron chi connectivity index (χ0n) is 12.3. The topological polar surface area (TPSA) is 81.8 Å². The molecule has 7 nitrogen and oxygen atoms in total. The summed E-state index contributed by atoms with van der Waals surface area (Å²) in [4.78, 5) is 24.2. The minimum Gasteiger partial charge on any atom is -0.309 e. The van der Waals surface area contributed by atoms with Crippen molar-refractivity contribution in [2.45, 2.75) is 6.42 Å². The van der Waals surface area contributed by atoms with Gasteiger partial charge in [-0.3, -0.25) is 14.3 Å². The Hall–Kier alpha value is -2.96. The fourth-order valence-electron chi connectivity index (χ4n) is 2.33. The van der Waals surface area contributed by atoms with Gasteiger partial charge >= 0.3 is 0 Å². The van der Waals surface area contributed by atoms with Crippen LogP contribution in [0.2, 0.25) is 0 Å². The second kappa shape index (κ2) is 5.44. The molecule has 0 bridgehead atoms. The second-order valence-corrected chi connectivity index (χ2v) is 5.02. The number of nitrogens with zero attached hydrogens (tertiary/aromatic N) is 4. The summed E-state index contributed by atoms with van der Waals surface area (Å²) in [6.45, 7) is 0. The molecule has 0 aliphatic carbocycles. The quantitative estimate of drug-likeness (QED) is 0.777. The van der Waals surface area contributed by atoms with Crippen molar-refractivity contribution in [2.24, 2.45) is 14.1 Å². The van der Waals surface area contributed by atoms with Gasteiger partial charge in [0.05, 0.1) is 17.5 Å². The lowest BCUT2D eigenvalue weighted by atomic mass is 10.1. The van der Waals surface area contributed by atoms with Gasteiger partial charge in [0.25, 0.3) is 5.56 Å². The molecule has 0 saturated carbocycles. The highest BCUT2D eigenvalue weighted by molar-refractivity contribution is 5.94. The van der Waals surface area contributed by atoms with Gasteiger partial charge in [-0.2, -0.15) is 10.2 Å². The molecular weight excluding hydrogens is 282 g/mol. The van der Waals surface area contributed by atoms with Crippen LogP contribution in [0.1, 0.15) is 5.69 Å². The van der Waals surface area contributed by atoms with Crippen LogP contribution >= 0.6 is 0 Å². The summed E-state index contributed by atoms with van der Waals surface area (Å²) in [7, 11) is 3.35. The van der Waals surface area contributed by atoms with E-state index in [9.17, 15) is 9.59 Å². The lowest BCUT2D eigenvalue weighted by Gasteiger charge is -2.07. The van der Waals surface area contributed by atoms with Gasteiger partial charge in [-0.1, -0.05) is 18.2 Å². The Labute approximate surface area is 126 Å². The van der Waals surface area contributed by atoms with E-state index in [-0.39, 0.29) is 17.9 Å². The highest BCUT2D eigenvalue weighted by atomic mass is 16.2. The van der Waals surface area contributed by atoms with Gasteiger partial charge in [0.2, 0.25) is 5.91 Å². The molecule has 0 aliphatic rings. The zero-order chi connectivity index (χ0) is 15.7. The van der Waals surface area contributed by atoms with Gasteiger partial charge in [-0.25, -0.2) is 4.68 Å². The number of aryl methyl sites for hydroxylation is 2. The molecule has 0 unspecified atom stereocenters. The minimum atomic E-state index is -0.227. The summed E-state index contributed by atoms with van der Waals surface area (Å²) in [5.41, 5.74) is 0.385. The number of nitrogens with one attached hydrogen (secondary N) is 1. The van der Waals surface area contributed by atoms with Crippen molar-refractivity contribution in [3.8, 4) is 0 Å². The number of anilines is 1. The Kier molecular flexibility index (Phi) is 3.46. The van der Waals surface area contributed by atoms with Crippen LogP contribution in [0.5, 0.6) is 0 Å². The highest BCUT2D eigenvalue weighted by Gasteiger charge is 2.13. The average Bonchev–Trinajstić information content (AvgIpc) is 2.89. The molecule has 2 heterocycles. The average molecular weight is 297 g/mol. The second-order valence-electron chi connectivity index (χ2n) is 5.02. The van der Waals surface area contributed by atoms with Crippen molar-refractivity contribution in [3.05, 3.63) is 52.6 Å². The molecule has 22 heavy (non-hydrogen) atoms. The minimum absolute atomic E-state index is 0.0746. The van der Waals surface area contributed by atoms with Gasteiger partial charge in [0.1, 0.15) is 0 Å². The first kappa shape index (κ1) is 14.0. The number of carbonyl (C=O) groups is 1. The Morgan fingerprint density at radius 3 is 2.55 bits per heavy atom. The predicted molar refractivity (Wildman–Crippen MR) is 82.5 cm³/mol. The van der Waals surface area contributed by atoms with Crippen LogP contribution in [-0.2, 0) is 25.3 Å². The van der Waals surface area contributed by atoms with E-state index < -0.39 is 0 Å². The van der Waals surface area contributed by atoms with E-state index in [1.807, 2.05) is 6.07 Å². The number of carbonyl (C=O) groups excluding carboxylic acids is 1. The summed E-state index contributed by atoms with van der Waals surface area (Å²) in [5.74, 6) is 0.261. The fraction of sp³-hybridized carbons (Fsp3) is 0.200. The largest absolute Gasteiger partial charge is 0.309 e. The van der Waals surface area contributed by atoms with Gasteiger partial charge in [-0.15, -0.1) is 0 Å². The number of hydrogen-bond acceptors (Lipinski definition) is 4. The molecule has 2 aromatic heterocycles. The third-order valence-corrected chi connectivity index (χ3v) is 3.34. The van der Waals surface area contributed by atoms with Crippen molar-refractivity contribution in [3.63, 3.8) is 0 Å². The summed E-state index contributed by atoms with van der Waals surface area (Å²) in [6, 6.07) is 8.86. The first-order chi connectivity index (χ1) is 10.5. The molecule has 112 valence electrons. The summed E-state index contributed by atoms with van der Waals surface area (Å²) < 4.78 is 2.86. The van der Waals surface area contributed by atoms with E-state index in [1.165, 1.54) is 4.68 Å². The predicted octanol–water partition coefficient (Wildman–Crippen LogP) is 0.848. The third kappa shape index (κ3) is 2.60. The monoisotopic (exact) mass is 297 g/mol. The van der Waals surface area contributed by atoms with E-state index in [0.29, 0.717) is 22.3 Å². The van der Waals surface area contributed by atoms with Gasteiger partial charge in [0, 0.05) is 31.7 Å². The molecule has 0 radical (unpaired) electrons. The maximum atomic E-state index is 12.1. The molecule has 1 amide bonds. The molecule has 0 fully saturated rings. The maximum Gasteiger partial charge on any atom is 0.274 e. The molecule has 1 aromatic carbocycles. The molecule has 1 N–H and O–H groups in total. The van der Waals surface area contributed by atoms with Crippen molar-refractivity contribution in [2.75, 3.05) is 5.32 Å². The summed E-state index contributed by atoms with van der Waals surface area (Å²) in [6.07, 6.45) is 1.82. The summed E-state index contributed by atoms with van der Waals surface area (Å²) in [5, 5.41) is 12.3. The van der Waals surface area contributed by atoms with Crippen molar-refractivity contribution in [1.29, 1.82) is 0 Å². The van der Waals surface area contributed by atoms with Gasteiger partial charge in [0.15, 0.2) is 5.82 Å². The van der Waals surface area contributed by atoms with Crippen molar-refractivity contribution in [1.82, 2.24) is 19.6 Å².